The van der Waals surface area contributed by atoms with E-state index >= 15 is 0 Å². The molecule has 23 heavy (non-hydrogen) atoms. The molecule has 2 aromatic carbocycles. The number of carbonyl (C=O) groups excluding carboxylic acids is 1. The number of aliphatic hydroxyl groups excluding tert-OH is 1. The van der Waals surface area contributed by atoms with Gasteiger partial charge in [-0.3, -0.25) is 4.79 Å². The molecule has 1 unspecified atom stereocenters. The minimum atomic E-state index is -1.22. The summed E-state index contributed by atoms with van der Waals surface area (Å²) in [6, 6.07) is 9.33. The summed E-state index contributed by atoms with van der Waals surface area (Å²) in [5.74, 6) is -1.24. The van der Waals surface area contributed by atoms with Crippen LogP contribution >= 0.6 is 0 Å². The van der Waals surface area contributed by atoms with E-state index in [2.05, 4.69) is 0 Å². The maximum absolute atomic E-state index is 13.5. The minimum Gasteiger partial charge on any atom is -0.491 e. The number of hydrogen-bond acceptors (Lipinski definition) is 3. The Bertz CT molecular complexity index is 687. The zero-order valence-corrected chi connectivity index (χ0v) is 12.8. The van der Waals surface area contributed by atoms with Crippen LogP contribution in [0, 0.1) is 11.6 Å². The Labute approximate surface area is 132 Å². The molecule has 2 rings (SSSR count). The predicted octanol–water partition coefficient (Wildman–Crippen LogP) is 2.78. The highest BCUT2D eigenvalue weighted by molar-refractivity contribution is 5.93. The van der Waals surface area contributed by atoms with E-state index in [1.54, 1.807) is 38.4 Å². The lowest BCUT2D eigenvalue weighted by atomic mass is 10.1. The van der Waals surface area contributed by atoms with Gasteiger partial charge in [0.05, 0.1) is 0 Å². The molecule has 1 atom stereocenters. The molecule has 0 aliphatic rings. The quantitative estimate of drug-likeness (QED) is 0.921. The summed E-state index contributed by atoms with van der Waals surface area (Å²) in [5, 5.41) is 9.92. The molecule has 0 aliphatic carbocycles. The SMILES string of the molecule is CN(C)C(=O)c1ccc(OCC(O)c2ccc(F)cc2F)cc1. The van der Waals surface area contributed by atoms with E-state index in [0.717, 1.165) is 6.07 Å². The molecular formula is C17H17F2NO3. The standard InChI is InChI=1S/C17H17F2NO3/c1-20(2)17(22)11-3-6-13(7-4-11)23-10-16(21)14-8-5-12(18)9-15(14)19/h3-9,16,21H,10H2,1-2H3. The predicted molar refractivity (Wildman–Crippen MR) is 81.3 cm³/mol. The molecule has 0 aromatic heterocycles. The zero-order chi connectivity index (χ0) is 17.0. The highest BCUT2D eigenvalue weighted by atomic mass is 19.1. The fourth-order valence-corrected chi connectivity index (χ4v) is 1.99. The molecule has 0 heterocycles. The van der Waals surface area contributed by atoms with Crippen molar-refractivity contribution in [3.63, 3.8) is 0 Å². The molecule has 0 radical (unpaired) electrons. The summed E-state index contributed by atoms with van der Waals surface area (Å²) in [4.78, 5) is 13.2. The summed E-state index contributed by atoms with van der Waals surface area (Å²) in [6.45, 7) is -0.191. The first-order chi connectivity index (χ1) is 10.9. The van der Waals surface area contributed by atoms with Crippen molar-refractivity contribution in [1.29, 1.82) is 0 Å². The fraction of sp³-hybridized carbons (Fsp3) is 0.235. The van der Waals surface area contributed by atoms with Crippen LogP contribution in [-0.4, -0.2) is 36.6 Å². The molecule has 6 heteroatoms. The number of halogens is 2. The Morgan fingerprint density at radius 1 is 1.17 bits per heavy atom. The lowest BCUT2D eigenvalue weighted by molar-refractivity contribution is 0.0827. The van der Waals surface area contributed by atoms with E-state index in [1.165, 1.54) is 11.0 Å². The second-order valence-corrected chi connectivity index (χ2v) is 5.22. The molecule has 0 saturated heterocycles. The van der Waals surface area contributed by atoms with Crippen LogP contribution in [0.2, 0.25) is 0 Å². The molecule has 0 fully saturated rings. The van der Waals surface area contributed by atoms with Crippen LogP contribution in [0.1, 0.15) is 22.0 Å². The summed E-state index contributed by atoms with van der Waals surface area (Å²) in [6.07, 6.45) is -1.22. The molecule has 0 bridgehead atoms. The maximum atomic E-state index is 13.5. The normalized spacial score (nSPS) is 11.9. The van der Waals surface area contributed by atoms with E-state index in [-0.39, 0.29) is 18.1 Å². The number of aliphatic hydroxyl groups is 1. The van der Waals surface area contributed by atoms with Gasteiger partial charge in [0.25, 0.3) is 5.91 Å². The molecule has 0 spiro atoms. The third-order valence-electron chi connectivity index (χ3n) is 3.24. The van der Waals surface area contributed by atoms with Gasteiger partial charge >= 0.3 is 0 Å². The van der Waals surface area contributed by atoms with Gasteiger partial charge in [0.15, 0.2) is 0 Å². The monoisotopic (exact) mass is 321 g/mol. The zero-order valence-electron chi connectivity index (χ0n) is 12.8. The number of benzene rings is 2. The number of nitrogens with zero attached hydrogens (tertiary/aromatic N) is 1. The molecular weight excluding hydrogens is 304 g/mol. The van der Waals surface area contributed by atoms with Crippen LogP contribution in [0.3, 0.4) is 0 Å². The third kappa shape index (κ3) is 4.26. The van der Waals surface area contributed by atoms with Gasteiger partial charge in [-0.15, -0.1) is 0 Å². The largest absolute Gasteiger partial charge is 0.491 e. The number of rotatable bonds is 5. The van der Waals surface area contributed by atoms with Gasteiger partial charge in [-0.25, -0.2) is 8.78 Å². The lowest BCUT2D eigenvalue weighted by Crippen LogP contribution is -2.21. The van der Waals surface area contributed by atoms with Gasteiger partial charge in [0.1, 0.15) is 30.1 Å². The average molecular weight is 321 g/mol. The van der Waals surface area contributed by atoms with Crippen LogP contribution < -0.4 is 4.74 Å². The molecule has 1 amide bonds. The van der Waals surface area contributed by atoms with Gasteiger partial charge in [0.2, 0.25) is 0 Å². The Morgan fingerprint density at radius 3 is 2.39 bits per heavy atom. The van der Waals surface area contributed by atoms with Gasteiger partial charge in [-0.1, -0.05) is 6.07 Å². The van der Waals surface area contributed by atoms with Gasteiger partial charge in [0, 0.05) is 31.3 Å². The lowest BCUT2D eigenvalue weighted by Gasteiger charge is -2.14. The van der Waals surface area contributed by atoms with Crippen LogP contribution in [0.25, 0.3) is 0 Å². The van der Waals surface area contributed by atoms with Gasteiger partial charge in [-0.05, 0) is 30.3 Å². The smallest absolute Gasteiger partial charge is 0.253 e. The fourth-order valence-electron chi connectivity index (χ4n) is 1.99. The first-order valence-corrected chi connectivity index (χ1v) is 6.96. The number of ether oxygens (including phenoxy) is 1. The molecule has 1 N–H and O–H groups in total. The second-order valence-electron chi connectivity index (χ2n) is 5.22. The van der Waals surface area contributed by atoms with Crippen LogP contribution in [0.5, 0.6) is 5.75 Å². The molecule has 0 aliphatic heterocycles. The molecule has 4 nitrogen and oxygen atoms in total. The maximum Gasteiger partial charge on any atom is 0.253 e. The molecule has 2 aromatic rings. The van der Waals surface area contributed by atoms with E-state index in [4.69, 9.17) is 4.74 Å². The van der Waals surface area contributed by atoms with Gasteiger partial charge < -0.3 is 14.7 Å². The molecule has 0 saturated carbocycles. The number of carbonyl (C=O) groups is 1. The highest BCUT2D eigenvalue weighted by Crippen LogP contribution is 2.20. The average Bonchev–Trinajstić information content (AvgIpc) is 2.52. The Hall–Kier alpha value is -2.47. The van der Waals surface area contributed by atoms with Crippen molar-refractivity contribution in [2.45, 2.75) is 6.10 Å². The highest BCUT2D eigenvalue weighted by Gasteiger charge is 2.14. The Morgan fingerprint density at radius 2 is 1.83 bits per heavy atom. The van der Waals surface area contributed by atoms with Crippen molar-refractivity contribution in [3.05, 3.63) is 65.2 Å². The minimum absolute atomic E-state index is 0.0363. The van der Waals surface area contributed by atoms with E-state index in [1.807, 2.05) is 0 Å². The van der Waals surface area contributed by atoms with E-state index in [9.17, 15) is 18.7 Å². The van der Waals surface area contributed by atoms with E-state index in [0.29, 0.717) is 17.4 Å². The summed E-state index contributed by atoms with van der Waals surface area (Å²) in [7, 11) is 3.31. The van der Waals surface area contributed by atoms with Gasteiger partial charge in [-0.2, -0.15) is 0 Å². The van der Waals surface area contributed by atoms with Crippen LogP contribution in [0.15, 0.2) is 42.5 Å². The topological polar surface area (TPSA) is 49.8 Å². The Balaban J connectivity index is 1.99. The first-order valence-electron chi connectivity index (χ1n) is 6.96. The summed E-state index contributed by atoms with van der Waals surface area (Å²) < 4.78 is 31.8. The van der Waals surface area contributed by atoms with Crippen molar-refractivity contribution in [2.75, 3.05) is 20.7 Å². The van der Waals surface area contributed by atoms with Crippen molar-refractivity contribution >= 4 is 5.91 Å². The van der Waals surface area contributed by atoms with Crippen molar-refractivity contribution in [2.24, 2.45) is 0 Å². The van der Waals surface area contributed by atoms with Crippen molar-refractivity contribution in [3.8, 4) is 5.75 Å². The second kappa shape index (κ2) is 7.19. The van der Waals surface area contributed by atoms with Crippen molar-refractivity contribution in [1.82, 2.24) is 4.90 Å². The first kappa shape index (κ1) is 16.9. The Kier molecular flexibility index (Phi) is 5.28. The summed E-state index contributed by atoms with van der Waals surface area (Å²) in [5.41, 5.74) is 0.471. The third-order valence-corrected chi connectivity index (χ3v) is 3.24. The number of hydrogen-bond donors (Lipinski definition) is 1. The number of amides is 1. The van der Waals surface area contributed by atoms with Crippen LogP contribution in [0.4, 0.5) is 8.78 Å². The summed E-state index contributed by atoms with van der Waals surface area (Å²) >= 11 is 0. The van der Waals surface area contributed by atoms with Crippen LogP contribution in [-0.2, 0) is 0 Å². The molecule has 122 valence electrons. The van der Waals surface area contributed by atoms with E-state index < -0.39 is 17.7 Å². The van der Waals surface area contributed by atoms with Crippen molar-refractivity contribution < 1.29 is 23.4 Å².